The molecule has 72 valence electrons. The summed E-state index contributed by atoms with van der Waals surface area (Å²) in [6, 6.07) is 0. The number of nitrogens with two attached hydrogens (primary N) is 1. The Bertz CT molecular complexity index is 294. The van der Waals surface area contributed by atoms with Gasteiger partial charge in [-0.2, -0.15) is 16.9 Å². The zero-order valence-electron chi connectivity index (χ0n) is 7.24. The molecule has 0 radical (unpaired) electrons. The molecular weight excluding hydrogens is 206 g/mol. The van der Waals surface area contributed by atoms with Crippen LogP contribution in [-0.4, -0.2) is 21.3 Å². The Hall–Kier alpha value is -0.350. The number of aromatic nitrogens is 2. The maximum atomic E-state index is 5.80. The topological polar surface area (TPSA) is 43.8 Å². The van der Waals surface area contributed by atoms with E-state index in [4.69, 9.17) is 17.3 Å². The van der Waals surface area contributed by atoms with Crippen LogP contribution in [-0.2, 0) is 6.54 Å². The highest BCUT2D eigenvalue weighted by Crippen LogP contribution is 2.26. The summed E-state index contributed by atoms with van der Waals surface area (Å²) in [4.78, 5) is 0. The van der Waals surface area contributed by atoms with Crippen LogP contribution < -0.4 is 5.73 Å². The molecule has 2 N–H and O–H groups in total. The summed E-state index contributed by atoms with van der Waals surface area (Å²) >= 11 is 7.80. The molecule has 0 aliphatic carbocycles. The van der Waals surface area contributed by atoms with Gasteiger partial charge in [0.15, 0.2) is 0 Å². The van der Waals surface area contributed by atoms with Gasteiger partial charge in [-0.15, -0.1) is 0 Å². The summed E-state index contributed by atoms with van der Waals surface area (Å²) in [7, 11) is 0. The number of nitrogens with zero attached hydrogens (tertiary/aromatic N) is 2. The Balaban J connectivity index is 2.04. The van der Waals surface area contributed by atoms with Crippen LogP contribution >= 0.6 is 23.4 Å². The zero-order valence-corrected chi connectivity index (χ0v) is 8.81. The maximum absolute atomic E-state index is 5.80. The third kappa shape index (κ3) is 1.94. The van der Waals surface area contributed by atoms with Gasteiger partial charge in [-0.05, 0) is 23.8 Å². The summed E-state index contributed by atoms with van der Waals surface area (Å²) in [5.74, 6) is 3.79. The van der Waals surface area contributed by atoms with Crippen LogP contribution in [0.4, 0.5) is 5.82 Å². The molecule has 0 bridgehead atoms. The Kier molecular flexibility index (Phi) is 2.69. The van der Waals surface area contributed by atoms with Gasteiger partial charge in [0.25, 0.3) is 0 Å². The van der Waals surface area contributed by atoms with Gasteiger partial charge in [-0.25, -0.2) is 4.68 Å². The van der Waals surface area contributed by atoms with Crippen LogP contribution in [0.15, 0.2) is 6.20 Å². The molecule has 1 fully saturated rings. The highest BCUT2D eigenvalue weighted by Gasteiger charge is 2.17. The second-order valence-electron chi connectivity index (χ2n) is 3.29. The molecule has 0 aromatic carbocycles. The van der Waals surface area contributed by atoms with Crippen LogP contribution in [0, 0.1) is 5.92 Å². The first kappa shape index (κ1) is 9.21. The first-order chi connectivity index (χ1) is 6.27. The lowest BCUT2D eigenvalue weighted by atomic mass is 10.1. The quantitative estimate of drug-likeness (QED) is 0.823. The number of halogens is 1. The van der Waals surface area contributed by atoms with Crippen LogP contribution in [0.2, 0.25) is 5.02 Å². The van der Waals surface area contributed by atoms with Crippen molar-refractivity contribution in [3.63, 3.8) is 0 Å². The molecule has 1 aromatic rings. The minimum atomic E-state index is 0.561. The van der Waals surface area contributed by atoms with Crippen LogP contribution in [0.1, 0.15) is 6.42 Å². The highest BCUT2D eigenvalue weighted by atomic mass is 35.5. The van der Waals surface area contributed by atoms with E-state index in [9.17, 15) is 0 Å². The molecule has 1 aliphatic heterocycles. The smallest absolute Gasteiger partial charge is 0.140 e. The van der Waals surface area contributed by atoms with Gasteiger partial charge < -0.3 is 5.73 Å². The van der Waals surface area contributed by atoms with E-state index in [1.165, 1.54) is 17.9 Å². The lowest BCUT2D eigenvalue weighted by molar-refractivity contribution is 0.464. The molecule has 13 heavy (non-hydrogen) atoms. The highest BCUT2D eigenvalue weighted by molar-refractivity contribution is 7.99. The number of hydrogen-bond acceptors (Lipinski definition) is 3. The number of thioether (sulfide) groups is 1. The summed E-state index contributed by atoms with van der Waals surface area (Å²) in [5, 5.41) is 4.69. The molecule has 0 spiro atoms. The van der Waals surface area contributed by atoms with Gasteiger partial charge in [0.1, 0.15) is 10.8 Å². The molecule has 1 saturated heterocycles. The van der Waals surface area contributed by atoms with Gasteiger partial charge in [-0.1, -0.05) is 11.6 Å². The third-order valence-electron chi connectivity index (χ3n) is 2.29. The fourth-order valence-corrected chi connectivity index (χ4v) is 2.90. The van der Waals surface area contributed by atoms with Gasteiger partial charge in [0, 0.05) is 6.54 Å². The second-order valence-corrected chi connectivity index (χ2v) is 4.85. The van der Waals surface area contributed by atoms with Crippen molar-refractivity contribution in [2.45, 2.75) is 13.0 Å². The lowest BCUT2D eigenvalue weighted by Gasteiger charge is -2.09. The van der Waals surface area contributed by atoms with Crippen LogP contribution in [0.25, 0.3) is 0 Å². The Morgan fingerprint density at radius 2 is 2.62 bits per heavy atom. The summed E-state index contributed by atoms with van der Waals surface area (Å²) in [6.45, 7) is 0.908. The van der Waals surface area contributed by atoms with Crippen molar-refractivity contribution in [2.75, 3.05) is 17.2 Å². The normalized spacial score (nSPS) is 22.4. The van der Waals surface area contributed by atoms with E-state index in [2.05, 4.69) is 5.10 Å². The lowest BCUT2D eigenvalue weighted by Crippen LogP contribution is -2.13. The minimum absolute atomic E-state index is 0.561. The van der Waals surface area contributed by atoms with Crippen LogP contribution in [0.3, 0.4) is 0 Å². The van der Waals surface area contributed by atoms with Gasteiger partial charge in [-0.3, -0.25) is 0 Å². The molecule has 2 heterocycles. The van der Waals surface area contributed by atoms with Crippen molar-refractivity contribution in [3.05, 3.63) is 11.2 Å². The van der Waals surface area contributed by atoms with Crippen molar-refractivity contribution in [1.29, 1.82) is 0 Å². The molecule has 1 aliphatic rings. The number of rotatable bonds is 2. The minimum Gasteiger partial charge on any atom is -0.383 e. The molecule has 1 aromatic heterocycles. The summed E-state index contributed by atoms with van der Waals surface area (Å²) < 4.78 is 1.80. The van der Waals surface area contributed by atoms with E-state index in [0.717, 1.165) is 6.54 Å². The number of anilines is 1. The largest absolute Gasteiger partial charge is 0.383 e. The van der Waals surface area contributed by atoms with Crippen molar-refractivity contribution >= 4 is 29.2 Å². The molecule has 1 atom stereocenters. The predicted octanol–water partition coefficient (Wildman–Crippen LogP) is 1.87. The van der Waals surface area contributed by atoms with Crippen molar-refractivity contribution in [1.82, 2.24) is 9.78 Å². The zero-order chi connectivity index (χ0) is 9.26. The first-order valence-corrected chi connectivity index (χ1v) is 5.85. The molecule has 5 heteroatoms. The van der Waals surface area contributed by atoms with Crippen molar-refractivity contribution in [3.8, 4) is 0 Å². The van der Waals surface area contributed by atoms with E-state index in [1.54, 1.807) is 10.9 Å². The van der Waals surface area contributed by atoms with Crippen molar-refractivity contribution < 1.29 is 0 Å². The number of nitrogen functional groups attached to an aromatic ring is 1. The third-order valence-corrected chi connectivity index (χ3v) is 3.81. The SMILES string of the molecule is Nc1c(Cl)cnn1CC1CCSC1. The summed E-state index contributed by atoms with van der Waals surface area (Å²) in [5.41, 5.74) is 5.74. The molecule has 1 unspecified atom stereocenters. The Labute approximate surface area is 86.6 Å². The fraction of sp³-hybridized carbons (Fsp3) is 0.625. The van der Waals surface area contributed by atoms with Gasteiger partial charge >= 0.3 is 0 Å². The van der Waals surface area contributed by atoms with Crippen molar-refractivity contribution in [2.24, 2.45) is 5.92 Å². The molecule has 0 amide bonds. The molecular formula is C8H12ClN3S. The average Bonchev–Trinajstić information content (AvgIpc) is 2.71. The number of hydrogen-bond donors (Lipinski definition) is 1. The Morgan fingerprint density at radius 1 is 1.77 bits per heavy atom. The fourth-order valence-electron chi connectivity index (χ4n) is 1.49. The molecule has 0 saturated carbocycles. The second kappa shape index (κ2) is 3.80. The molecule has 2 rings (SSSR count). The maximum Gasteiger partial charge on any atom is 0.140 e. The average molecular weight is 218 g/mol. The monoisotopic (exact) mass is 217 g/mol. The van der Waals surface area contributed by atoms with Gasteiger partial charge in [0.05, 0.1) is 6.20 Å². The first-order valence-electron chi connectivity index (χ1n) is 4.32. The van der Waals surface area contributed by atoms with E-state index >= 15 is 0 Å². The van der Waals surface area contributed by atoms with E-state index in [1.807, 2.05) is 11.8 Å². The summed E-state index contributed by atoms with van der Waals surface area (Å²) in [6.07, 6.45) is 2.88. The standard InChI is InChI=1S/C8H12ClN3S/c9-7-3-11-12(8(7)10)4-6-1-2-13-5-6/h3,6H,1-2,4-5,10H2. The van der Waals surface area contributed by atoms with E-state index in [-0.39, 0.29) is 0 Å². The van der Waals surface area contributed by atoms with Gasteiger partial charge in [0.2, 0.25) is 0 Å². The molecule has 3 nitrogen and oxygen atoms in total. The van der Waals surface area contributed by atoms with Crippen LogP contribution in [0.5, 0.6) is 0 Å². The predicted molar refractivity (Wildman–Crippen MR) is 57.1 cm³/mol. The van der Waals surface area contributed by atoms with E-state index < -0.39 is 0 Å². The Morgan fingerprint density at radius 3 is 3.15 bits per heavy atom. The van der Waals surface area contributed by atoms with E-state index in [0.29, 0.717) is 16.8 Å².